The number of carbonyl (C=O) groups is 1. The second-order valence-corrected chi connectivity index (χ2v) is 6.10. The molecule has 0 bridgehead atoms. The molecule has 23 heavy (non-hydrogen) atoms. The summed E-state index contributed by atoms with van der Waals surface area (Å²) < 4.78 is 10.8. The lowest BCUT2D eigenvalue weighted by molar-refractivity contribution is -0.121. The van der Waals surface area contributed by atoms with Gasteiger partial charge in [0.2, 0.25) is 11.8 Å². The van der Waals surface area contributed by atoms with E-state index in [1.807, 2.05) is 18.4 Å². The lowest BCUT2D eigenvalue weighted by atomic mass is 10.2. The fourth-order valence-electron chi connectivity index (χ4n) is 2.16. The van der Waals surface area contributed by atoms with E-state index >= 15 is 0 Å². The number of hydrogen-bond donors (Lipinski definition) is 1. The van der Waals surface area contributed by atoms with Crippen molar-refractivity contribution in [2.24, 2.45) is 0 Å². The Labute approximate surface area is 137 Å². The Morgan fingerprint density at radius 3 is 2.96 bits per heavy atom. The molecule has 120 valence electrons. The molecule has 3 heterocycles. The molecule has 0 fully saturated rings. The summed E-state index contributed by atoms with van der Waals surface area (Å²) in [5.74, 6) is 1.59. The molecule has 0 atom stereocenters. The SMILES string of the molecule is Cc1occc1-c1nnc(CCC(=O)NCCc2cccs2)o1. The first-order chi connectivity index (χ1) is 11.2. The van der Waals surface area contributed by atoms with Gasteiger partial charge in [0.25, 0.3) is 5.89 Å². The summed E-state index contributed by atoms with van der Waals surface area (Å²) in [6.07, 6.45) is 3.19. The van der Waals surface area contributed by atoms with Crippen LogP contribution >= 0.6 is 11.3 Å². The van der Waals surface area contributed by atoms with Gasteiger partial charge in [0.05, 0.1) is 11.8 Å². The van der Waals surface area contributed by atoms with Crippen LogP contribution in [0.5, 0.6) is 0 Å². The molecule has 1 amide bonds. The summed E-state index contributed by atoms with van der Waals surface area (Å²) in [5, 5.41) is 12.9. The zero-order valence-corrected chi connectivity index (χ0v) is 13.6. The van der Waals surface area contributed by atoms with Gasteiger partial charge in [-0.1, -0.05) is 6.07 Å². The average molecular weight is 331 g/mol. The number of nitrogens with one attached hydrogen (secondary N) is 1. The van der Waals surface area contributed by atoms with E-state index in [0.29, 0.717) is 31.2 Å². The van der Waals surface area contributed by atoms with Crippen molar-refractivity contribution in [2.75, 3.05) is 6.54 Å². The summed E-state index contributed by atoms with van der Waals surface area (Å²) in [7, 11) is 0. The van der Waals surface area contributed by atoms with Crippen molar-refractivity contribution in [1.29, 1.82) is 0 Å². The second-order valence-electron chi connectivity index (χ2n) is 5.07. The Kier molecular flexibility index (Phi) is 4.87. The van der Waals surface area contributed by atoms with Crippen LogP contribution in [0.4, 0.5) is 0 Å². The van der Waals surface area contributed by atoms with E-state index in [2.05, 4.69) is 21.6 Å². The van der Waals surface area contributed by atoms with Gasteiger partial charge in [0.15, 0.2) is 0 Å². The fraction of sp³-hybridized carbons (Fsp3) is 0.312. The first kappa shape index (κ1) is 15.5. The maximum Gasteiger partial charge on any atom is 0.251 e. The Hall–Kier alpha value is -2.41. The number of thiophene rings is 1. The van der Waals surface area contributed by atoms with Crippen molar-refractivity contribution in [1.82, 2.24) is 15.5 Å². The molecule has 0 spiro atoms. The normalized spacial score (nSPS) is 10.8. The third kappa shape index (κ3) is 4.07. The standard InChI is InChI=1S/C16H17N3O3S/c1-11-13(7-9-21-11)16-19-18-15(22-16)5-4-14(20)17-8-6-12-3-2-10-23-12/h2-3,7,9-10H,4-6,8H2,1H3,(H,17,20). The summed E-state index contributed by atoms with van der Waals surface area (Å²) in [4.78, 5) is 13.1. The minimum Gasteiger partial charge on any atom is -0.469 e. The summed E-state index contributed by atoms with van der Waals surface area (Å²) in [6, 6.07) is 5.86. The van der Waals surface area contributed by atoms with Crippen LogP contribution in [0.1, 0.15) is 22.9 Å². The van der Waals surface area contributed by atoms with E-state index in [0.717, 1.165) is 17.7 Å². The second kappa shape index (κ2) is 7.23. The molecular formula is C16H17N3O3S. The van der Waals surface area contributed by atoms with Crippen LogP contribution in [0, 0.1) is 6.92 Å². The Morgan fingerprint density at radius 1 is 1.30 bits per heavy atom. The summed E-state index contributed by atoms with van der Waals surface area (Å²) >= 11 is 1.70. The lowest BCUT2D eigenvalue weighted by Gasteiger charge is -2.02. The lowest BCUT2D eigenvalue weighted by Crippen LogP contribution is -2.25. The minimum absolute atomic E-state index is 0.0132. The van der Waals surface area contributed by atoms with Gasteiger partial charge in [-0.2, -0.15) is 0 Å². The fourth-order valence-corrected chi connectivity index (χ4v) is 2.87. The molecule has 0 unspecified atom stereocenters. The molecule has 0 aliphatic heterocycles. The van der Waals surface area contributed by atoms with Crippen LogP contribution in [0.2, 0.25) is 0 Å². The van der Waals surface area contributed by atoms with Gasteiger partial charge in [-0.25, -0.2) is 0 Å². The number of carbonyl (C=O) groups excluding carboxylic acids is 1. The number of hydrogen-bond acceptors (Lipinski definition) is 6. The third-order valence-corrected chi connectivity index (χ3v) is 4.33. The molecule has 3 aromatic heterocycles. The maximum absolute atomic E-state index is 11.8. The highest BCUT2D eigenvalue weighted by atomic mass is 32.1. The number of nitrogens with zero attached hydrogens (tertiary/aromatic N) is 2. The van der Waals surface area contributed by atoms with Gasteiger partial charge < -0.3 is 14.2 Å². The largest absolute Gasteiger partial charge is 0.469 e. The molecule has 7 heteroatoms. The zero-order chi connectivity index (χ0) is 16.1. The molecule has 0 aliphatic rings. The molecule has 6 nitrogen and oxygen atoms in total. The molecule has 0 saturated carbocycles. The van der Waals surface area contributed by atoms with Crippen LogP contribution in [0.3, 0.4) is 0 Å². The predicted octanol–water partition coefficient (Wildman–Crippen LogP) is 2.99. The monoisotopic (exact) mass is 331 g/mol. The number of aryl methyl sites for hydroxylation is 2. The number of amides is 1. The van der Waals surface area contributed by atoms with Crippen LogP contribution in [-0.2, 0) is 17.6 Å². The van der Waals surface area contributed by atoms with Crippen molar-refractivity contribution in [3.8, 4) is 11.5 Å². The van der Waals surface area contributed by atoms with Crippen molar-refractivity contribution in [2.45, 2.75) is 26.2 Å². The van der Waals surface area contributed by atoms with E-state index in [1.165, 1.54) is 4.88 Å². The maximum atomic E-state index is 11.8. The van der Waals surface area contributed by atoms with E-state index in [-0.39, 0.29) is 5.91 Å². The van der Waals surface area contributed by atoms with Gasteiger partial charge in [0.1, 0.15) is 5.76 Å². The Balaban J connectivity index is 1.44. The van der Waals surface area contributed by atoms with Crippen LogP contribution in [0.15, 0.2) is 38.7 Å². The average Bonchev–Trinajstić information content (AvgIpc) is 3.26. The highest BCUT2D eigenvalue weighted by molar-refractivity contribution is 7.09. The molecule has 0 aromatic carbocycles. The zero-order valence-electron chi connectivity index (χ0n) is 12.7. The first-order valence-electron chi connectivity index (χ1n) is 7.38. The predicted molar refractivity (Wildman–Crippen MR) is 86.1 cm³/mol. The van der Waals surface area contributed by atoms with Crippen molar-refractivity contribution in [3.05, 3.63) is 46.4 Å². The quantitative estimate of drug-likeness (QED) is 0.720. The molecule has 0 saturated heterocycles. The van der Waals surface area contributed by atoms with Crippen LogP contribution < -0.4 is 5.32 Å². The summed E-state index contributed by atoms with van der Waals surface area (Å²) in [5.41, 5.74) is 0.782. The Morgan fingerprint density at radius 2 is 2.22 bits per heavy atom. The highest BCUT2D eigenvalue weighted by Gasteiger charge is 2.13. The smallest absolute Gasteiger partial charge is 0.251 e. The van der Waals surface area contributed by atoms with E-state index in [4.69, 9.17) is 8.83 Å². The number of rotatable bonds is 7. The molecule has 0 aliphatic carbocycles. The topological polar surface area (TPSA) is 81.2 Å². The van der Waals surface area contributed by atoms with Crippen molar-refractivity contribution < 1.29 is 13.6 Å². The van der Waals surface area contributed by atoms with E-state index < -0.39 is 0 Å². The van der Waals surface area contributed by atoms with Crippen LogP contribution in [-0.4, -0.2) is 22.6 Å². The van der Waals surface area contributed by atoms with Gasteiger partial charge in [-0.3, -0.25) is 4.79 Å². The van der Waals surface area contributed by atoms with Crippen molar-refractivity contribution in [3.63, 3.8) is 0 Å². The van der Waals surface area contributed by atoms with Gasteiger partial charge >= 0.3 is 0 Å². The first-order valence-corrected chi connectivity index (χ1v) is 8.26. The molecule has 0 radical (unpaired) electrons. The third-order valence-electron chi connectivity index (χ3n) is 3.40. The van der Waals surface area contributed by atoms with E-state index in [1.54, 1.807) is 23.7 Å². The highest BCUT2D eigenvalue weighted by Crippen LogP contribution is 2.22. The van der Waals surface area contributed by atoms with Gasteiger partial charge in [-0.05, 0) is 30.9 Å². The number of furan rings is 1. The molecule has 3 aromatic rings. The summed E-state index contributed by atoms with van der Waals surface area (Å²) in [6.45, 7) is 2.48. The minimum atomic E-state index is -0.0132. The Bertz CT molecular complexity index is 761. The number of aromatic nitrogens is 2. The molecule has 3 rings (SSSR count). The molecule has 1 N–H and O–H groups in total. The van der Waals surface area contributed by atoms with Crippen LogP contribution in [0.25, 0.3) is 11.5 Å². The van der Waals surface area contributed by atoms with Gasteiger partial charge in [-0.15, -0.1) is 21.5 Å². The van der Waals surface area contributed by atoms with Gasteiger partial charge in [0, 0.05) is 24.3 Å². The van der Waals surface area contributed by atoms with E-state index in [9.17, 15) is 4.79 Å². The van der Waals surface area contributed by atoms with Crippen molar-refractivity contribution >= 4 is 17.2 Å². The molecular weight excluding hydrogens is 314 g/mol.